The number of amides is 2. The highest BCUT2D eigenvalue weighted by Crippen LogP contribution is 2.21. The second kappa shape index (κ2) is 11.0. The molecule has 182 valence electrons. The van der Waals surface area contributed by atoms with Crippen molar-refractivity contribution in [3.05, 3.63) is 62.6 Å². The second-order valence-electron chi connectivity index (χ2n) is 7.67. The molecule has 2 N–H and O–H groups in total. The number of rotatable bonds is 7. The number of nitro benzene ring substituents is 1. The maximum absolute atomic E-state index is 12.8. The Morgan fingerprint density at radius 3 is 2.29 bits per heavy atom. The smallest absolute Gasteiger partial charge is 0.313 e. The van der Waals surface area contributed by atoms with Gasteiger partial charge in [-0.25, -0.2) is 8.42 Å². The van der Waals surface area contributed by atoms with E-state index in [9.17, 15) is 28.1 Å². The number of nitro groups is 1. The molecule has 1 aliphatic heterocycles. The summed E-state index contributed by atoms with van der Waals surface area (Å²) in [7, 11) is -3.75. The first-order valence-corrected chi connectivity index (χ1v) is 12.6. The van der Waals surface area contributed by atoms with Gasteiger partial charge in [-0.3, -0.25) is 24.6 Å². The van der Waals surface area contributed by atoms with Gasteiger partial charge in [0.2, 0.25) is 10.0 Å². The van der Waals surface area contributed by atoms with Crippen molar-refractivity contribution in [1.82, 2.24) is 14.5 Å². The standard InChI is InChI=1S/C21H24BrN5O6S/c1-15-14-16(2-7-19(15)22)24-21(29)20(28)23-8-9-25-10-12-26(13-11-25)34(32,33)18-5-3-17(4-6-18)27(30)31/h2-7,14H,8-13H2,1H3,(H,23,28)(H,24,29). The maximum atomic E-state index is 12.8. The van der Waals surface area contributed by atoms with Crippen molar-refractivity contribution in [3.8, 4) is 0 Å². The molecule has 11 nitrogen and oxygen atoms in total. The zero-order chi connectivity index (χ0) is 24.9. The Bertz CT molecular complexity index is 1180. The van der Waals surface area contributed by atoms with E-state index in [1.165, 1.54) is 28.6 Å². The van der Waals surface area contributed by atoms with Gasteiger partial charge >= 0.3 is 11.8 Å². The lowest BCUT2D eigenvalue weighted by Gasteiger charge is -2.33. The van der Waals surface area contributed by atoms with Gasteiger partial charge in [0.1, 0.15) is 0 Å². The molecule has 1 heterocycles. The van der Waals surface area contributed by atoms with Gasteiger partial charge in [0.15, 0.2) is 0 Å². The number of sulfonamides is 1. The molecule has 0 unspecified atom stereocenters. The molecule has 0 saturated carbocycles. The van der Waals surface area contributed by atoms with Crippen LogP contribution in [0.1, 0.15) is 5.56 Å². The molecule has 0 aromatic heterocycles. The summed E-state index contributed by atoms with van der Waals surface area (Å²) in [6, 6.07) is 10.0. The van der Waals surface area contributed by atoms with Crippen LogP contribution >= 0.6 is 15.9 Å². The van der Waals surface area contributed by atoms with Gasteiger partial charge in [0.25, 0.3) is 5.69 Å². The van der Waals surface area contributed by atoms with Crippen molar-refractivity contribution >= 4 is 49.1 Å². The number of nitrogens with zero attached hydrogens (tertiary/aromatic N) is 3. The third-order valence-corrected chi connectivity index (χ3v) is 8.15. The van der Waals surface area contributed by atoms with Gasteiger partial charge in [0.05, 0.1) is 9.82 Å². The molecule has 0 atom stereocenters. The summed E-state index contributed by atoms with van der Waals surface area (Å²) in [5.74, 6) is -1.51. The maximum Gasteiger partial charge on any atom is 0.313 e. The lowest BCUT2D eigenvalue weighted by Crippen LogP contribution is -2.50. The molecule has 1 saturated heterocycles. The molecule has 0 aliphatic carbocycles. The van der Waals surface area contributed by atoms with E-state index in [2.05, 4.69) is 26.6 Å². The van der Waals surface area contributed by atoms with Crippen molar-refractivity contribution in [1.29, 1.82) is 0 Å². The summed E-state index contributed by atoms with van der Waals surface area (Å²) in [6.07, 6.45) is 0. The van der Waals surface area contributed by atoms with E-state index in [1.807, 2.05) is 11.8 Å². The Hall–Kier alpha value is -2.87. The second-order valence-corrected chi connectivity index (χ2v) is 10.5. The largest absolute Gasteiger partial charge is 0.347 e. The van der Waals surface area contributed by atoms with Gasteiger partial charge in [-0.15, -0.1) is 0 Å². The molecular formula is C21H24BrN5O6S. The summed E-state index contributed by atoms with van der Waals surface area (Å²) in [4.78, 5) is 36.3. The highest BCUT2D eigenvalue weighted by molar-refractivity contribution is 9.10. The van der Waals surface area contributed by atoms with E-state index >= 15 is 0 Å². The molecule has 1 fully saturated rings. The Kier molecular flexibility index (Phi) is 8.36. The predicted molar refractivity (Wildman–Crippen MR) is 129 cm³/mol. The van der Waals surface area contributed by atoms with Crippen LogP contribution in [-0.4, -0.2) is 73.6 Å². The molecule has 0 spiro atoms. The van der Waals surface area contributed by atoms with Crippen LogP contribution in [0.5, 0.6) is 0 Å². The molecular weight excluding hydrogens is 530 g/mol. The van der Waals surface area contributed by atoms with Crippen molar-refractivity contribution in [3.63, 3.8) is 0 Å². The number of piperazine rings is 1. The quantitative estimate of drug-likeness (QED) is 0.302. The minimum atomic E-state index is -3.75. The predicted octanol–water partition coefficient (Wildman–Crippen LogP) is 1.73. The van der Waals surface area contributed by atoms with E-state index in [0.29, 0.717) is 25.3 Å². The summed E-state index contributed by atoms with van der Waals surface area (Å²) < 4.78 is 27.8. The van der Waals surface area contributed by atoms with E-state index in [-0.39, 0.29) is 30.2 Å². The summed E-state index contributed by atoms with van der Waals surface area (Å²) in [5.41, 5.74) is 1.27. The summed E-state index contributed by atoms with van der Waals surface area (Å²) in [5, 5.41) is 15.9. The number of benzene rings is 2. The van der Waals surface area contributed by atoms with Gasteiger partial charge in [0, 0.05) is 61.6 Å². The van der Waals surface area contributed by atoms with Crippen molar-refractivity contribution in [2.75, 3.05) is 44.6 Å². The summed E-state index contributed by atoms with van der Waals surface area (Å²) in [6.45, 7) is 3.96. The Morgan fingerprint density at radius 2 is 1.71 bits per heavy atom. The van der Waals surface area contributed by atoms with Crippen LogP contribution in [0.15, 0.2) is 51.8 Å². The molecule has 3 rings (SSSR count). The fourth-order valence-corrected chi connectivity index (χ4v) is 5.07. The first kappa shape index (κ1) is 25.7. The topological polar surface area (TPSA) is 142 Å². The molecule has 2 amide bonds. The van der Waals surface area contributed by atoms with Crippen molar-refractivity contribution < 1.29 is 22.9 Å². The van der Waals surface area contributed by atoms with Gasteiger partial charge in [-0.05, 0) is 42.8 Å². The monoisotopic (exact) mass is 553 g/mol. The number of nitrogens with one attached hydrogen (secondary N) is 2. The number of hydrogen-bond acceptors (Lipinski definition) is 7. The highest BCUT2D eigenvalue weighted by Gasteiger charge is 2.28. The summed E-state index contributed by atoms with van der Waals surface area (Å²) >= 11 is 3.37. The van der Waals surface area contributed by atoms with E-state index in [4.69, 9.17) is 0 Å². The Balaban J connectivity index is 1.43. The van der Waals surface area contributed by atoms with Gasteiger partial charge in [-0.2, -0.15) is 4.31 Å². The number of aryl methyl sites for hydroxylation is 1. The normalized spacial score (nSPS) is 15.0. The van der Waals surface area contributed by atoms with E-state index in [0.717, 1.165) is 10.0 Å². The molecule has 0 bridgehead atoms. The van der Waals surface area contributed by atoms with Gasteiger partial charge in [-0.1, -0.05) is 15.9 Å². The van der Waals surface area contributed by atoms with Crippen LogP contribution < -0.4 is 10.6 Å². The molecule has 13 heteroatoms. The zero-order valence-electron chi connectivity index (χ0n) is 18.4. The first-order valence-electron chi connectivity index (χ1n) is 10.4. The number of carbonyl (C=O) groups excluding carboxylic acids is 2. The minimum Gasteiger partial charge on any atom is -0.347 e. The minimum absolute atomic E-state index is 0.00536. The van der Waals surface area contributed by atoms with Crippen LogP contribution in [0.4, 0.5) is 11.4 Å². The molecule has 34 heavy (non-hydrogen) atoms. The molecule has 0 radical (unpaired) electrons. The third kappa shape index (κ3) is 6.38. The third-order valence-electron chi connectivity index (χ3n) is 5.35. The highest BCUT2D eigenvalue weighted by atomic mass is 79.9. The lowest BCUT2D eigenvalue weighted by atomic mass is 10.2. The Labute approximate surface area is 205 Å². The van der Waals surface area contributed by atoms with Crippen LogP contribution in [0, 0.1) is 17.0 Å². The van der Waals surface area contributed by atoms with Crippen molar-refractivity contribution in [2.45, 2.75) is 11.8 Å². The van der Waals surface area contributed by atoms with Crippen LogP contribution in [0.2, 0.25) is 0 Å². The molecule has 2 aromatic rings. The van der Waals surface area contributed by atoms with E-state index < -0.39 is 26.8 Å². The number of hydrogen-bond donors (Lipinski definition) is 2. The molecule has 2 aromatic carbocycles. The fourth-order valence-electron chi connectivity index (χ4n) is 3.40. The molecule has 1 aliphatic rings. The average molecular weight is 554 g/mol. The number of halogens is 1. The Morgan fingerprint density at radius 1 is 1.06 bits per heavy atom. The number of carbonyl (C=O) groups is 2. The van der Waals surface area contributed by atoms with E-state index in [1.54, 1.807) is 18.2 Å². The first-order chi connectivity index (χ1) is 16.1. The van der Waals surface area contributed by atoms with Crippen LogP contribution in [0.3, 0.4) is 0 Å². The fraction of sp³-hybridized carbons (Fsp3) is 0.333. The van der Waals surface area contributed by atoms with Crippen LogP contribution in [-0.2, 0) is 19.6 Å². The number of anilines is 1. The lowest BCUT2D eigenvalue weighted by molar-refractivity contribution is -0.384. The zero-order valence-corrected chi connectivity index (χ0v) is 20.8. The SMILES string of the molecule is Cc1cc(NC(=O)C(=O)NCCN2CCN(S(=O)(=O)c3ccc([N+](=O)[O-])cc3)CC2)ccc1Br. The van der Waals surface area contributed by atoms with Crippen molar-refractivity contribution in [2.24, 2.45) is 0 Å². The number of non-ortho nitro benzene ring substituents is 1. The average Bonchev–Trinajstić information content (AvgIpc) is 2.81. The van der Waals surface area contributed by atoms with Gasteiger partial charge < -0.3 is 10.6 Å². The van der Waals surface area contributed by atoms with Crippen LogP contribution in [0.25, 0.3) is 0 Å².